The molecule has 0 aliphatic carbocycles. The lowest BCUT2D eigenvalue weighted by Crippen LogP contribution is -2.34. The van der Waals surface area contributed by atoms with Gasteiger partial charge < -0.3 is 5.32 Å². The molecule has 0 spiro atoms. The van der Waals surface area contributed by atoms with E-state index in [1.165, 1.54) is 7.05 Å². The lowest BCUT2D eigenvalue weighted by Gasteiger charge is -2.14. The van der Waals surface area contributed by atoms with E-state index in [4.69, 9.17) is 11.6 Å². The number of amides is 1. The zero-order chi connectivity index (χ0) is 17.1. The summed E-state index contributed by atoms with van der Waals surface area (Å²) in [5, 5.41) is 5.29. The van der Waals surface area contributed by atoms with Gasteiger partial charge >= 0.3 is 6.18 Å². The summed E-state index contributed by atoms with van der Waals surface area (Å²) in [6.45, 7) is 6.03. The Morgan fingerprint density at radius 2 is 1.91 bits per heavy atom. The van der Waals surface area contributed by atoms with Gasteiger partial charge in [-0.3, -0.25) is 9.48 Å². The van der Waals surface area contributed by atoms with Gasteiger partial charge in [-0.2, -0.15) is 18.3 Å². The van der Waals surface area contributed by atoms with Crippen LogP contribution in [0.2, 0.25) is 5.02 Å². The van der Waals surface area contributed by atoms with E-state index in [0.29, 0.717) is 5.92 Å². The van der Waals surface area contributed by atoms with Gasteiger partial charge in [-0.15, -0.1) is 0 Å². The van der Waals surface area contributed by atoms with E-state index >= 15 is 0 Å². The van der Waals surface area contributed by atoms with Crippen LogP contribution in [0.15, 0.2) is 0 Å². The van der Waals surface area contributed by atoms with Crippen molar-refractivity contribution in [2.24, 2.45) is 13.0 Å². The standard InChI is InChI=1S/C14H21ClF3N3O/c1-8(2)6-5-7-9(3)19-13(22)11-10(15)12(14(16,17)18)20-21(11)4/h8-9H,5-7H2,1-4H3,(H,19,22)/t9-/m1/s1. The van der Waals surface area contributed by atoms with Crippen LogP contribution in [0.1, 0.15) is 56.2 Å². The summed E-state index contributed by atoms with van der Waals surface area (Å²) >= 11 is 5.67. The van der Waals surface area contributed by atoms with Gasteiger partial charge in [0.2, 0.25) is 0 Å². The highest BCUT2D eigenvalue weighted by molar-refractivity contribution is 6.34. The minimum absolute atomic E-state index is 0.147. The number of nitrogens with one attached hydrogen (secondary N) is 1. The average molecular weight is 340 g/mol. The van der Waals surface area contributed by atoms with Crippen molar-refractivity contribution in [1.29, 1.82) is 0 Å². The second-order valence-corrected chi connectivity index (χ2v) is 6.21. The highest BCUT2D eigenvalue weighted by Crippen LogP contribution is 2.35. The molecular formula is C14H21ClF3N3O. The van der Waals surface area contributed by atoms with Crippen molar-refractivity contribution in [3.63, 3.8) is 0 Å². The molecule has 1 N–H and O–H groups in total. The van der Waals surface area contributed by atoms with E-state index in [-0.39, 0.29) is 11.7 Å². The summed E-state index contributed by atoms with van der Waals surface area (Å²) in [5.74, 6) is -0.0729. The molecule has 0 saturated heterocycles. The topological polar surface area (TPSA) is 46.9 Å². The summed E-state index contributed by atoms with van der Waals surface area (Å²) < 4.78 is 39.0. The molecule has 1 aromatic rings. The maximum atomic E-state index is 12.7. The number of carbonyl (C=O) groups excluding carboxylic acids is 1. The Kier molecular flexibility index (Phi) is 6.28. The molecule has 1 atom stereocenters. The van der Waals surface area contributed by atoms with Crippen molar-refractivity contribution in [3.8, 4) is 0 Å². The van der Waals surface area contributed by atoms with Crippen LogP contribution in [0, 0.1) is 5.92 Å². The number of aryl methyl sites for hydroxylation is 1. The predicted octanol–water partition coefficient (Wildman–Crippen LogP) is 4.04. The molecule has 0 radical (unpaired) electrons. The molecule has 1 rings (SSSR count). The molecular weight excluding hydrogens is 319 g/mol. The van der Waals surface area contributed by atoms with Crippen LogP contribution < -0.4 is 5.32 Å². The van der Waals surface area contributed by atoms with Crippen molar-refractivity contribution < 1.29 is 18.0 Å². The number of hydrogen-bond acceptors (Lipinski definition) is 2. The number of aromatic nitrogens is 2. The zero-order valence-electron chi connectivity index (χ0n) is 13.1. The summed E-state index contributed by atoms with van der Waals surface area (Å²) in [4.78, 5) is 12.1. The van der Waals surface area contributed by atoms with Gasteiger partial charge in [0.1, 0.15) is 10.7 Å². The number of halogens is 4. The molecule has 1 heterocycles. The van der Waals surface area contributed by atoms with E-state index in [9.17, 15) is 18.0 Å². The predicted molar refractivity (Wildman–Crippen MR) is 78.8 cm³/mol. The molecule has 1 amide bonds. The minimum atomic E-state index is -4.68. The minimum Gasteiger partial charge on any atom is -0.348 e. The third kappa shape index (κ3) is 4.90. The van der Waals surface area contributed by atoms with E-state index in [1.54, 1.807) is 0 Å². The first kappa shape index (κ1) is 18.8. The highest BCUT2D eigenvalue weighted by Gasteiger charge is 2.39. The van der Waals surface area contributed by atoms with E-state index in [2.05, 4.69) is 24.3 Å². The van der Waals surface area contributed by atoms with Crippen LogP contribution in [-0.4, -0.2) is 21.7 Å². The monoisotopic (exact) mass is 339 g/mol. The van der Waals surface area contributed by atoms with Gasteiger partial charge in [-0.1, -0.05) is 38.3 Å². The van der Waals surface area contributed by atoms with Gasteiger partial charge in [0.15, 0.2) is 5.69 Å². The number of rotatable bonds is 6. The van der Waals surface area contributed by atoms with Crippen molar-refractivity contribution in [2.45, 2.75) is 52.3 Å². The van der Waals surface area contributed by atoms with E-state index < -0.39 is 22.8 Å². The molecule has 0 aliphatic rings. The van der Waals surface area contributed by atoms with Crippen molar-refractivity contribution in [2.75, 3.05) is 0 Å². The number of alkyl halides is 3. The Bertz CT molecular complexity index is 526. The van der Waals surface area contributed by atoms with Crippen molar-refractivity contribution in [3.05, 3.63) is 16.4 Å². The fourth-order valence-corrected chi connectivity index (χ4v) is 2.48. The van der Waals surface area contributed by atoms with Crippen molar-refractivity contribution >= 4 is 17.5 Å². The molecule has 22 heavy (non-hydrogen) atoms. The summed E-state index contributed by atoms with van der Waals surface area (Å²) in [6, 6.07) is -0.147. The molecule has 126 valence electrons. The van der Waals surface area contributed by atoms with Gasteiger partial charge in [0, 0.05) is 13.1 Å². The first-order valence-corrected chi connectivity index (χ1v) is 7.52. The Morgan fingerprint density at radius 1 is 1.32 bits per heavy atom. The fourth-order valence-electron chi connectivity index (χ4n) is 2.12. The molecule has 4 nitrogen and oxygen atoms in total. The lowest BCUT2D eigenvalue weighted by atomic mass is 10.0. The van der Waals surface area contributed by atoms with Crippen LogP contribution in [0.5, 0.6) is 0 Å². The van der Waals surface area contributed by atoms with Gasteiger partial charge in [-0.05, 0) is 19.3 Å². The van der Waals surface area contributed by atoms with E-state index in [0.717, 1.165) is 23.9 Å². The molecule has 0 unspecified atom stereocenters. The van der Waals surface area contributed by atoms with Crippen LogP contribution in [-0.2, 0) is 13.2 Å². The first-order chi connectivity index (χ1) is 10.0. The molecule has 1 aromatic heterocycles. The molecule has 0 saturated carbocycles. The van der Waals surface area contributed by atoms with Gasteiger partial charge in [-0.25, -0.2) is 0 Å². The smallest absolute Gasteiger partial charge is 0.348 e. The molecule has 8 heteroatoms. The Morgan fingerprint density at radius 3 is 2.36 bits per heavy atom. The fraction of sp³-hybridized carbons (Fsp3) is 0.714. The van der Waals surface area contributed by atoms with Crippen LogP contribution in [0.4, 0.5) is 13.2 Å². The molecule has 0 fully saturated rings. The second-order valence-electron chi connectivity index (χ2n) is 5.83. The maximum absolute atomic E-state index is 12.7. The summed E-state index contributed by atoms with van der Waals surface area (Å²) in [6.07, 6.45) is -1.96. The van der Waals surface area contributed by atoms with Gasteiger partial charge in [0.25, 0.3) is 5.91 Å². The first-order valence-electron chi connectivity index (χ1n) is 7.14. The number of carbonyl (C=O) groups is 1. The highest BCUT2D eigenvalue weighted by atomic mass is 35.5. The largest absolute Gasteiger partial charge is 0.436 e. The van der Waals surface area contributed by atoms with Crippen LogP contribution in [0.25, 0.3) is 0 Å². The van der Waals surface area contributed by atoms with Crippen LogP contribution >= 0.6 is 11.6 Å². The third-order valence-corrected chi connectivity index (χ3v) is 3.63. The van der Waals surface area contributed by atoms with Gasteiger partial charge in [0.05, 0.1) is 0 Å². The molecule has 0 bridgehead atoms. The summed E-state index contributed by atoms with van der Waals surface area (Å²) in [7, 11) is 1.26. The summed E-state index contributed by atoms with van der Waals surface area (Å²) in [5.41, 5.74) is -1.51. The van der Waals surface area contributed by atoms with Crippen molar-refractivity contribution in [1.82, 2.24) is 15.1 Å². The quantitative estimate of drug-likeness (QED) is 0.850. The number of hydrogen-bond donors (Lipinski definition) is 1. The molecule has 0 aromatic carbocycles. The average Bonchev–Trinajstić information content (AvgIpc) is 2.63. The Hall–Kier alpha value is -1.24. The Labute approximate surface area is 133 Å². The number of nitrogens with zero attached hydrogens (tertiary/aromatic N) is 2. The zero-order valence-corrected chi connectivity index (χ0v) is 13.8. The van der Waals surface area contributed by atoms with Crippen LogP contribution in [0.3, 0.4) is 0 Å². The SMILES string of the molecule is CC(C)CCC[C@@H](C)NC(=O)c1c(Cl)c(C(F)(F)F)nn1C. The third-order valence-electron chi connectivity index (χ3n) is 3.27. The van der Waals surface area contributed by atoms with E-state index in [1.807, 2.05) is 6.92 Å². The lowest BCUT2D eigenvalue weighted by molar-refractivity contribution is -0.141. The Balaban J connectivity index is 2.76. The maximum Gasteiger partial charge on any atom is 0.436 e. The molecule has 0 aliphatic heterocycles. The normalized spacial score (nSPS) is 13.5. The second kappa shape index (κ2) is 7.35.